The largest absolute Gasteiger partial charge is 0.496 e. The zero-order valence-electron chi connectivity index (χ0n) is 12.5. The van der Waals surface area contributed by atoms with Crippen LogP contribution in [0.4, 0.5) is 0 Å². The van der Waals surface area contributed by atoms with Gasteiger partial charge in [0.25, 0.3) is 5.56 Å². The zero-order chi connectivity index (χ0) is 16.1. The minimum Gasteiger partial charge on any atom is -0.496 e. The SMILES string of the molecule is COc1cc(OC)c(-c2cc(CC#N)c(=O)[nH]n2)c(OC)c1. The number of hydrogen-bond donors (Lipinski definition) is 1. The maximum Gasteiger partial charge on any atom is 0.268 e. The van der Waals surface area contributed by atoms with Crippen molar-refractivity contribution in [2.24, 2.45) is 0 Å². The van der Waals surface area contributed by atoms with E-state index in [9.17, 15) is 4.79 Å². The van der Waals surface area contributed by atoms with Gasteiger partial charge in [-0.3, -0.25) is 4.79 Å². The lowest BCUT2D eigenvalue weighted by Gasteiger charge is -2.14. The summed E-state index contributed by atoms with van der Waals surface area (Å²) in [5.74, 6) is 1.54. The Labute approximate surface area is 127 Å². The number of ether oxygens (including phenoxy) is 3. The number of rotatable bonds is 5. The summed E-state index contributed by atoms with van der Waals surface area (Å²) in [4.78, 5) is 11.7. The van der Waals surface area contributed by atoms with Crippen molar-refractivity contribution in [2.75, 3.05) is 21.3 Å². The molecule has 114 valence electrons. The van der Waals surface area contributed by atoms with Gasteiger partial charge >= 0.3 is 0 Å². The molecule has 7 heteroatoms. The Kier molecular flexibility index (Phi) is 4.63. The van der Waals surface area contributed by atoms with E-state index in [0.717, 1.165) is 0 Å². The molecule has 0 unspecified atom stereocenters. The van der Waals surface area contributed by atoms with Crippen LogP contribution in [-0.2, 0) is 6.42 Å². The van der Waals surface area contributed by atoms with E-state index in [1.807, 2.05) is 6.07 Å². The molecular weight excluding hydrogens is 286 g/mol. The van der Waals surface area contributed by atoms with Crippen LogP contribution in [0.1, 0.15) is 5.56 Å². The van der Waals surface area contributed by atoms with E-state index in [1.54, 1.807) is 18.2 Å². The smallest absolute Gasteiger partial charge is 0.268 e. The zero-order valence-corrected chi connectivity index (χ0v) is 12.5. The predicted molar refractivity (Wildman–Crippen MR) is 79.3 cm³/mol. The lowest BCUT2D eigenvalue weighted by molar-refractivity contribution is 0.377. The van der Waals surface area contributed by atoms with E-state index in [2.05, 4.69) is 10.2 Å². The molecule has 0 spiro atoms. The number of methoxy groups -OCH3 is 3. The van der Waals surface area contributed by atoms with Crippen molar-refractivity contribution in [3.63, 3.8) is 0 Å². The summed E-state index contributed by atoms with van der Waals surface area (Å²) in [7, 11) is 4.57. The van der Waals surface area contributed by atoms with Crippen LogP contribution in [0.5, 0.6) is 17.2 Å². The second-order valence-corrected chi connectivity index (χ2v) is 4.35. The molecule has 0 atom stereocenters. The van der Waals surface area contributed by atoms with Crippen LogP contribution in [0, 0.1) is 11.3 Å². The molecule has 1 N–H and O–H groups in total. The summed E-state index contributed by atoms with van der Waals surface area (Å²) >= 11 is 0. The van der Waals surface area contributed by atoms with E-state index in [-0.39, 0.29) is 6.42 Å². The molecule has 0 saturated heterocycles. The molecule has 7 nitrogen and oxygen atoms in total. The number of H-pyrrole nitrogens is 1. The van der Waals surface area contributed by atoms with Gasteiger partial charge in [-0.1, -0.05) is 0 Å². The van der Waals surface area contributed by atoms with E-state index in [4.69, 9.17) is 19.5 Å². The van der Waals surface area contributed by atoms with Gasteiger partial charge in [-0.2, -0.15) is 10.4 Å². The maximum atomic E-state index is 11.7. The summed E-state index contributed by atoms with van der Waals surface area (Å²) in [5, 5.41) is 15.2. The molecule has 0 aliphatic rings. The van der Waals surface area contributed by atoms with Gasteiger partial charge in [-0.25, -0.2) is 5.10 Å². The molecule has 0 bridgehead atoms. The fourth-order valence-electron chi connectivity index (χ4n) is 2.05. The highest BCUT2D eigenvalue weighted by Gasteiger charge is 2.17. The molecule has 1 aromatic heterocycles. The van der Waals surface area contributed by atoms with Crippen LogP contribution in [-0.4, -0.2) is 31.5 Å². The van der Waals surface area contributed by atoms with Crippen molar-refractivity contribution in [3.05, 3.63) is 34.1 Å². The van der Waals surface area contributed by atoms with Crippen LogP contribution < -0.4 is 19.8 Å². The summed E-state index contributed by atoms with van der Waals surface area (Å²) in [6, 6.07) is 6.88. The summed E-state index contributed by atoms with van der Waals surface area (Å²) in [5.41, 5.74) is 0.951. The van der Waals surface area contributed by atoms with Gasteiger partial charge < -0.3 is 14.2 Å². The molecule has 2 rings (SSSR count). The second kappa shape index (κ2) is 6.63. The van der Waals surface area contributed by atoms with Crippen LogP contribution in [0.15, 0.2) is 23.0 Å². The number of nitrogens with zero attached hydrogens (tertiary/aromatic N) is 2. The Morgan fingerprint density at radius 3 is 2.27 bits per heavy atom. The third kappa shape index (κ3) is 2.86. The normalized spacial score (nSPS) is 9.91. The quantitative estimate of drug-likeness (QED) is 0.899. The van der Waals surface area contributed by atoms with Gasteiger partial charge in [0, 0.05) is 17.7 Å². The number of aromatic nitrogens is 2. The predicted octanol–water partition coefficient (Wildman–Crippen LogP) is 1.53. The van der Waals surface area contributed by atoms with Gasteiger partial charge in [-0.15, -0.1) is 0 Å². The first kappa shape index (κ1) is 15.4. The number of nitriles is 1. The Hall–Kier alpha value is -3.01. The van der Waals surface area contributed by atoms with Gasteiger partial charge in [-0.05, 0) is 6.07 Å². The monoisotopic (exact) mass is 301 g/mol. The van der Waals surface area contributed by atoms with Crippen LogP contribution in [0.2, 0.25) is 0 Å². The first-order chi connectivity index (χ1) is 10.6. The van der Waals surface area contributed by atoms with Crippen molar-refractivity contribution >= 4 is 0 Å². The number of benzene rings is 1. The molecule has 0 fully saturated rings. The minimum absolute atomic E-state index is 0.00829. The fourth-order valence-corrected chi connectivity index (χ4v) is 2.05. The minimum atomic E-state index is -0.392. The molecule has 2 aromatic rings. The van der Waals surface area contributed by atoms with Crippen LogP contribution in [0.3, 0.4) is 0 Å². The van der Waals surface area contributed by atoms with Gasteiger partial charge in [0.05, 0.1) is 45.1 Å². The Bertz CT molecular complexity index is 752. The molecule has 1 aromatic carbocycles. The first-order valence-electron chi connectivity index (χ1n) is 6.40. The fraction of sp³-hybridized carbons (Fsp3) is 0.267. The maximum absolute atomic E-state index is 11.7. The molecular formula is C15H15N3O4. The molecule has 1 heterocycles. The number of nitrogens with one attached hydrogen (secondary N) is 1. The van der Waals surface area contributed by atoms with E-state index >= 15 is 0 Å². The third-order valence-electron chi connectivity index (χ3n) is 3.12. The van der Waals surface area contributed by atoms with Gasteiger partial charge in [0.2, 0.25) is 0 Å². The highest BCUT2D eigenvalue weighted by Crippen LogP contribution is 2.40. The average Bonchev–Trinajstić information content (AvgIpc) is 2.55. The molecule has 0 aliphatic heterocycles. The third-order valence-corrected chi connectivity index (χ3v) is 3.12. The highest BCUT2D eigenvalue weighted by molar-refractivity contribution is 5.76. The van der Waals surface area contributed by atoms with Crippen LogP contribution in [0.25, 0.3) is 11.3 Å². The van der Waals surface area contributed by atoms with Crippen LogP contribution >= 0.6 is 0 Å². The standard InChI is InChI=1S/C15H15N3O4/c1-20-10-7-12(21-2)14(13(8-10)22-3)11-6-9(4-5-16)15(19)18-17-11/h6-8H,4H2,1-3H3,(H,18,19). The number of aromatic amines is 1. The second-order valence-electron chi connectivity index (χ2n) is 4.35. The van der Waals surface area contributed by atoms with E-state index in [1.165, 1.54) is 21.3 Å². The topological polar surface area (TPSA) is 97.2 Å². The van der Waals surface area contributed by atoms with Crippen molar-refractivity contribution in [3.8, 4) is 34.6 Å². The summed E-state index contributed by atoms with van der Waals surface area (Å²) in [6.45, 7) is 0. The van der Waals surface area contributed by atoms with Crippen molar-refractivity contribution < 1.29 is 14.2 Å². The molecule has 0 radical (unpaired) electrons. The molecule has 22 heavy (non-hydrogen) atoms. The average molecular weight is 301 g/mol. The molecule has 0 aliphatic carbocycles. The van der Waals surface area contributed by atoms with Crippen molar-refractivity contribution in [1.82, 2.24) is 10.2 Å². The van der Waals surface area contributed by atoms with Crippen molar-refractivity contribution in [1.29, 1.82) is 5.26 Å². The van der Waals surface area contributed by atoms with Gasteiger partial charge in [0.15, 0.2) is 0 Å². The highest BCUT2D eigenvalue weighted by atomic mass is 16.5. The first-order valence-corrected chi connectivity index (χ1v) is 6.40. The molecule has 0 amide bonds. The lowest BCUT2D eigenvalue weighted by Crippen LogP contribution is -2.14. The van der Waals surface area contributed by atoms with Gasteiger partial charge in [0.1, 0.15) is 17.2 Å². The summed E-state index contributed by atoms with van der Waals surface area (Å²) < 4.78 is 15.9. The summed E-state index contributed by atoms with van der Waals surface area (Å²) in [6.07, 6.45) is -0.00829. The Morgan fingerprint density at radius 2 is 1.77 bits per heavy atom. The Morgan fingerprint density at radius 1 is 1.14 bits per heavy atom. The number of hydrogen-bond acceptors (Lipinski definition) is 6. The Balaban J connectivity index is 2.68. The van der Waals surface area contributed by atoms with Crippen molar-refractivity contribution in [2.45, 2.75) is 6.42 Å². The van der Waals surface area contributed by atoms with E-state index in [0.29, 0.717) is 34.1 Å². The molecule has 0 saturated carbocycles. The van der Waals surface area contributed by atoms with E-state index < -0.39 is 5.56 Å². The lowest BCUT2D eigenvalue weighted by atomic mass is 10.1.